The second kappa shape index (κ2) is 14.2. The van der Waals surface area contributed by atoms with Gasteiger partial charge in [0, 0.05) is 7.05 Å². The fourth-order valence-corrected chi connectivity index (χ4v) is 4.89. The lowest BCUT2D eigenvalue weighted by Crippen LogP contribution is -2.33. The van der Waals surface area contributed by atoms with Gasteiger partial charge in [-0.1, -0.05) is 44.2 Å². The Hall–Kier alpha value is -2.50. The zero-order valence-electron chi connectivity index (χ0n) is 21.5. The first kappa shape index (κ1) is 28.7. The number of aromatic amines is 1. The fourth-order valence-electron chi connectivity index (χ4n) is 3.61. The maximum absolute atomic E-state index is 12.9. The number of ether oxygens (including phenoxy) is 1. The maximum atomic E-state index is 12.9. The number of sulfonamides is 1. The van der Waals surface area contributed by atoms with E-state index in [4.69, 9.17) is 4.74 Å². The van der Waals surface area contributed by atoms with Crippen molar-refractivity contribution in [3.63, 3.8) is 0 Å². The van der Waals surface area contributed by atoms with E-state index in [2.05, 4.69) is 38.7 Å². The smallest absolute Gasteiger partial charge is 0.410 e. The van der Waals surface area contributed by atoms with E-state index in [9.17, 15) is 13.2 Å². The van der Waals surface area contributed by atoms with Crippen LogP contribution in [0, 0.1) is 0 Å². The summed E-state index contributed by atoms with van der Waals surface area (Å²) in [5.41, 5.74) is 1.10. The first-order valence-electron chi connectivity index (χ1n) is 12.2. The number of nitrogens with zero attached hydrogens (tertiary/aromatic N) is 4. The normalized spacial score (nSPS) is 12.8. The highest BCUT2D eigenvalue weighted by atomic mass is 32.2. The quantitative estimate of drug-likeness (QED) is 0.379. The Labute approximate surface area is 209 Å². The molecular weight excluding hydrogens is 468 g/mol. The number of hydrogen-bond donors (Lipinski definition) is 2. The van der Waals surface area contributed by atoms with Gasteiger partial charge in [-0.3, -0.25) is 5.10 Å². The predicted octanol–water partition coefficient (Wildman–Crippen LogP) is 3.11. The van der Waals surface area contributed by atoms with E-state index in [0.717, 1.165) is 25.2 Å². The Morgan fingerprint density at radius 2 is 1.86 bits per heavy atom. The van der Waals surface area contributed by atoms with E-state index < -0.39 is 22.2 Å². The molecule has 0 unspecified atom stereocenters. The third-order valence-corrected chi connectivity index (χ3v) is 7.03. The topological polar surface area (TPSA) is 121 Å². The Bertz CT molecular complexity index is 992. The molecule has 35 heavy (non-hydrogen) atoms. The molecule has 2 N–H and O–H groups in total. The fraction of sp³-hybridized carbons (Fsp3) is 0.625. The summed E-state index contributed by atoms with van der Waals surface area (Å²) in [6.45, 7) is 10.4. The number of aromatic nitrogens is 3. The number of H-pyrrole nitrogens is 1. The monoisotopic (exact) mass is 508 g/mol. The molecule has 2 aromatic rings. The number of carbonyl (C=O) groups is 1. The van der Waals surface area contributed by atoms with Crippen LogP contribution in [0.1, 0.15) is 63.8 Å². The molecule has 0 saturated heterocycles. The van der Waals surface area contributed by atoms with Crippen LogP contribution in [0.3, 0.4) is 0 Å². The molecule has 10 nitrogen and oxygen atoms in total. The zero-order chi connectivity index (χ0) is 25.8. The summed E-state index contributed by atoms with van der Waals surface area (Å²) in [7, 11) is -1.93. The molecule has 0 spiro atoms. The maximum Gasteiger partial charge on any atom is 0.410 e. The molecular formula is C24H40N6O4S. The third kappa shape index (κ3) is 10.3. The molecule has 0 bridgehead atoms. The number of amides is 1. The van der Waals surface area contributed by atoms with Crippen molar-refractivity contribution in [1.82, 2.24) is 29.7 Å². The van der Waals surface area contributed by atoms with Gasteiger partial charge in [-0.15, -0.1) is 0 Å². The molecule has 0 saturated carbocycles. The Morgan fingerprint density at radius 1 is 1.17 bits per heavy atom. The van der Waals surface area contributed by atoms with Crippen molar-refractivity contribution in [2.45, 2.75) is 65.6 Å². The molecule has 1 aromatic carbocycles. The zero-order valence-corrected chi connectivity index (χ0v) is 22.3. The predicted molar refractivity (Wildman–Crippen MR) is 136 cm³/mol. The SMILES string of the molecule is CCN(CC)CCCS(=O)(=O)N[C@H](CCc1ccccc1)c1n[nH]c(CN(C)C(=O)OC(C)C)n1. The second-order valence-corrected chi connectivity index (χ2v) is 10.7. The first-order chi connectivity index (χ1) is 16.6. The summed E-state index contributed by atoms with van der Waals surface area (Å²) in [5.74, 6) is 0.842. The Kier molecular flexibility index (Phi) is 11.6. The van der Waals surface area contributed by atoms with Crippen molar-refractivity contribution >= 4 is 16.1 Å². The second-order valence-electron chi connectivity index (χ2n) is 8.82. The first-order valence-corrected chi connectivity index (χ1v) is 13.9. The van der Waals surface area contributed by atoms with E-state index in [-0.39, 0.29) is 18.4 Å². The van der Waals surface area contributed by atoms with Gasteiger partial charge in [0.15, 0.2) is 5.82 Å². The van der Waals surface area contributed by atoms with Crippen molar-refractivity contribution in [2.75, 3.05) is 32.4 Å². The van der Waals surface area contributed by atoms with Gasteiger partial charge < -0.3 is 14.5 Å². The van der Waals surface area contributed by atoms with Gasteiger partial charge >= 0.3 is 6.09 Å². The molecule has 2 rings (SSSR count). The number of aryl methyl sites for hydroxylation is 1. The molecule has 1 amide bonds. The molecule has 1 atom stereocenters. The summed E-state index contributed by atoms with van der Waals surface area (Å²) in [5, 5.41) is 7.10. The van der Waals surface area contributed by atoms with Crippen LogP contribution in [-0.4, -0.2) is 78.0 Å². The summed E-state index contributed by atoms with van der Waals surface area (Å²) >= 11 is 0. The van der Waals surface area contributed by atoms with Gasteiger partial charge in [-0.2, -0.15) is 5.10 Å². The average Bonchev–Trinajstić information content (AvgIpc) is 3.28. The number of hydrogen-bond acceptors (Lipinski definition) is 7. The minimum Gasteiger partial charge on any atom is -0.447 e. The molecule has 0 fully saturated rings. The van der Waals surface area contributed by atoms with Crippen molar-refractivity contribution in [1.29, 1.82) is 0 Å². The Morgan fingerprint density at radius 3 is 2.49 bits per heavy atom. The summed E-state index contributed by atoms with van der Waals surface area (Å²) in [4.78, 5) is 20.2. The van der Waals surface area contributed by atoms with Gasteiger partial charge in [-0.25, -0.2) is 22.9 Å². The van der Waals surface area contributed by atoms with Crippen LogP contribution in [-0.2, 0) is 27.7 Å². The molecule has 0 aliphatic heterocycles. The van der Waals surface area contributed by atoms with Crippen molar-refractivity contribution in [3.8, 4) is 0 Å². The highest BCUT2D eigenvalue weighted by Gasteiger charge is 2.24. The molecule has 0 aliphatic rings. The van der Waals surface area contributed by atoms with Crippen LogP contribution in [0.4, 0.5) is 4.79 Å². The van der Waals surface area contributed by atoms with Crippen molar-refractivity contribution in [2.24, 2.45) is 0 Å². The standard InChI is InChI=1S/C24H40N6O4S/c1-6-30(7-2)16-11-17-35(32,33)28-21(15-14-20-12-9-8-10-13-20)23-25-22(26-27-23)18-29(5)24(31)34-19(3)4/h8-10,12-13,19,21,28H,6-7,11,14-18H2,1-5H3,(H,25,26,27)/t21-/m1/s1. The summed E-state index contributed by atoms with van der Waals surface area (Å²) in [6, 6.07) is 9.29. The summed E-state index contributed by atoms with van der Waals surface area (Å²) in [6.07, 6.45) is 1.02. The molecule has 1 heterocycles. The molecule has 1 aromatic heterocycles. The lowest BCUT2D eigenvalue weighted by Gasteiger charge is -2.19. The number of benzene rings is 1. The van der Waals surface area contributed by atoms with Crippen molar-refractivity contribution < 1.29 is 17.9 Å². The molecule has 11 heteroatoms. The number of nitrogens with one attached hydrogen (secondary N) is 2. The largest absolute Gasteiger partial charge is 0.447 e. The van der Waals surface area contributed by atoms with Gasteiger partial charge in [0.05, 0.1) is 24.4 Å². The van der Waals surface area contributed by atoms with Gasteiger partial charge in [0.25, 0.3) is 0 Å². The Balaban J connectivity index is 2.10. The van der Waals surface area contributed by atoms with Crippen LogP contribution in [0.15, 0.2) is 30.3 Å². The molecule has 0 radical (unpaired) electrons. The highest BCUT2D eigenvalue weighted by molar-refractivity contribution is 7.89. The van der Waals surface area contributed by atoms with E-state index in [1.165, 1.54) is 4.90 Å². The average molecular weight is 509 g/mol. The third-order valence-electron chi connectivity index (χ3n) is 5.56. The lowest BCUT2D eigenvalue weighted by atomic mass is 10.1. The number of carbonyl (C=O) groups excluding carboxylic acids is 1. The van der Waals surface area contributed by atoms with E-state index in [1.807, 2.05) is 30.3 Å². The van der Waals surface area contributed by atoms with E-state index >= 15 is 0 Å². The van der Waals surface area contributed by atoms with Gasteiger partial charge in [0.2, 0.25) is 10.0 Å². The van der Waals surface area contributed by atoms with Crippen LogP contribution < -0.4 is 4.72 Å². The molecule has 196 valence electrons. The van der Waals surface area contributed by atoms with E-state index in [1.54, 1.807) is 20.9 Å². The molecule has 0 aliphatic carbocycles. The van der Waals surface area contributed by atoms with Crippen molar-refractivity contribution in [3.05, 3.63) is 47.5 Å². The van der Waals surface area contributed by atoms with Crippen LogP contribution >= 0.6 is 0 Å². The van der Waals surface area contributed by atoms with Gasteiger partial charge in [-0.05, 0) is 58.3 Å². The van der Waals surface area contributed by atoms with Crippen LogP contribution in [0.25, 0.3) is 0 Å². The minimum absolute atomic E-state index is 0.0341. The minimum atomic E-state index is -3.54. The van der Waals surface area contributed by atoms with Crippen LogP contribution in [0.5, 0.6) is 0 Å². The number of rotatable bonds is 15. The van der Waals surface area contributed by atoms with E-state index in [0.29, 0.717) is 30.9 Å². The summed E-state index contributed by atoms with van der Waals surface area (Å²) < 4.78 is 33.8. The highest BCUT2D eigenvalue weighted by Crippen LogP contribution is 2.18. The van der Waals surface area contributed by atoms with Crippen LogP contribution in [0.2, 0.25) is 0 Å². The van der Waals surface area contributed by atoms with Gasteiger partial charge in [0.1, 0.15) is 5.82 Å². The lowest BCUT2D eigenvalue weighted by molar-refractivity contribution is 0.0816.